The minimum Gasteiger partial charge on any atom is -0.481 e. The zero-order valence-corrected chi connectivity index (χ0v) is 10.6. The maximum Gasteiger partial charge on any atom is 0.326 e. The average Bonchev–Trinajstić information content (AvgIpc) is 2.80. The van der Waals surface area contributed by atoms with Crippen LogP contribution < -0.4 is 10.6 Å². The summed E-state index contributed by atoms with van der Waals surface area (Å²) >= 11 is 0. The number of hydrogen-bond acceptors (Lipinski definition) is 4. The number of carboxylic acid groups (broad SMARTS) is 2. The van der Waals surface area contributed by atoms with Crippen molar-refractivity contribution in [3.05, 3.63) is 0 Å². The number of urea groups is 1. The lowest BCUT2D eigenvalue weighted by atomic mass is 10.0. The van der Waals surface area contributed by atoms with E-state index in [2.05, 4.69) is 10.6 Å². The fraction of sp³-hybridized carbons (Fsp3) is 0.727. The molecule has 8 nitrogen and oxygen atoms in total. The Morgan fingerprint density at radius 2 is 2.00 bits per heavy atom. The fourth-order valence-corrected chi connectivity index (χ4v) is 1.85. The summed E-state index contributed by atoms with van der Waals surface area (Å²) in [5.74, 6) is -2.48. The predicted octanol–water partition coefficient (Wildman–Crippen LogP) is -0.361. The fourth-order valence-electron chi connectivity index (χ4n) is 1.85. The Morgan fingerprint density at radius 1 is 1.32 bits per heavy atom. The molecule has 4 N–H and O–H groups in total. The van der Waals surface area contributed by atoms with Crippen molar-refractivity contribution in [2.75, 3.05) is 13.2 Å². The molecule has 1 rings (SSSR count). The lowest BCUT2D eigenvalue weighted by Gasteiger charge is -2.21. The Bertz CT molecular complexity index is 353. The third kappa shape index (κ3) is 5.12. The molecule has 1 aliphatic heterocycles. The van der Waals surface area contributed by atoms with Gasteiger partial charge in [0.05, 0.1) is 13.0 Å². The van der Waals surface area contributed by atoms with E-state index in [4.69, 9.17) is 14.9 Å². The van der Waals surface area contributed by atoms with Crippen LogP contribution in [0.1, 0.15) is 19.8 Å². The zero-order valence-electron chi connectivity index (χ0n) is 10.6. The van der Waals surface area contributed by atoms with Gasteiger partial charge in [-0.3, -0.25) is 4.79 Å². The van der Waals surface area contributed by atoms with Gasteiger partial charge in [-0.2, -0.15) is 0 Å². The normalized spacial score (nSPS) is 21.4. The minimum absolute atomic E-state index is 0.165. The molecule has 108 valence electrons. The molecule has 1 aliphatic rings. The summed E-state index contributed by atoms with van der Waals surface area (Å²) in [6.45, 7) is 3.00. The van der Waals surface area contributed by atoms with Crippen molar-refractivity contribution < 1.29 is 29.3 Å². The van der Waals surface area contributed by atoms with E-state index in [9.17, 15) is 14.4 Å². The van der Waals surface area contributed by atoms with Gasteiger partial charge in [0.1, 0.15) is 6.04 Å². The summed E-state index contributed by atoms with van der Waals surface area (Å²) in [5.41, 5.74) is 0. The minimum atomic E-state index is -1.44. The first-order chi connectivity index (χ1) is 8.90. The number of aliphatic carboxylic acids is 2. The van der Waals surface area contributed by atoms with Crippen LogP contribution in [0.2, 0.25) is 0 Å². The summed E-state index contributed by atoms with van der Waals surface area (Å²) in [6, 6.07) is -2.29. The molecule has 0 saturated carbocycles. The molecule has 0 aromatic heterocycles. The van der Waals surface area contributed by atoms with E-state index in [1.54, 1.807) is 6.92 Å². The maximum absolute atomic E-state index is 11.6. The number of carbonyl (C=O) groups is 3. The smallest absolute Gasteiger partial charge is 0.326 e. The number of nitrogens with one attached hydrogen (secondary N) is 2. The standard InChI is InChI=1S/C11H18N2O6/c1-6(7-2-3-19-5-7)12-11(18)13-8(10(16)17)4-9(14)15/h6-8H,2-5H2,1H3,(H,14,15)(H,16,17)(H2,12,13,18)/t6?,7?,8-/m0/s1. The van der Waals surface area contributed by atoms with Crippen molar-refractivity contribution in [2.24, 2.45) is 5.92 Å². The Hall–Kier alpha value is -1.83. The lowest BCUT2D eigenvalue weighted by Crippen LogP contribution is -2.50. The second-order valence-electron chi connectivity index (χ2n) is 4.52. The molecule has 3 atom stereocenters. The molecule has 0 bridgehead atoms. The number of hydrogen-bond donors (Lipinski definition) is 4. The van der Waals surface area contributed by atoms with Gasteiger partial charge in [0.25, 0.3) is 0 Å². The second kappa shape index (κ2) is 6.93. The molecule has 0 aromatic rings. The highest BCUT2D eigenvalue weighted by Crippen LogP contribution is 2.16. The van der Waals surface area contributed by atoms with Crippen molar-refractivity contribution in [3.8, 4) is 0 Å². The first kappa shape index (κ1) is 15.2. The van der Waals surface area contributed by atoms with Crippen LogP contribution in [-0.4, -0.2) is 53.5 Å². The van der Waals surface area contributed by atoms with Gasteiger partial charge in [-0.1, -0.05) is 0 Å². The number of amides is 2. The van der Waals surface area contributed by atoms with E-state index in [1.165, 1.54) is 0 Å². The third-order valence-corrected chi connectivity index (χ3v) is 3.01. The molecule has 0 spiro atoms. The van der Waals surface area contributed by atoms with Gasteiger partial charge in [-0.25, -0.2) is 9.59 Å². The molecule has 2 unspecified atom stereocenters. The molecule has 0 radical (unpaired) electrons. The van der Waals surface area contributed by atoms with Gasteiger partial charge < -0.3 is 25.6 Å². The van der Waals surface area contributed by atoms with E-state index in [0.717, 1.165) is 6.42 Å². The molecule has 0 aliphatic carbocycles. The lowest BCUT2D eigenvalue weighted by molar-refractivity contribution is -0.145. The van der Waals surface area contributed by atoms with Crippen LogP contribution in [0.3, 0.4) is 0 Å². The van der Waals surface area contributed by atoms with Crippen molar-refractivity contribution in [1.82, 2.24) is 10.6 Å². The Kier molecular flexibility index (Phi) is 5.56. The molecular weight excluding hydrogens is 256 g/mol. The monoisotopic (exact) mass is 274 g/mol. The molecule has 1 heterocycles. The quantitative estimate of drug-likeness (QED) is 0.524. The Balaban J connectivity index is 2.43. The zero-order chi connectivity index (χ0) is 14.4. The summed E-state index contributed by atoms with van der Waals surface area (Å²) in [5, 5.41) is 22.1. The molecule has 1 saturated heterocycles. The van der Waals surface area contributed by atoms with E-state index >= 15 is 0 Å². The molecule has 1 fully saturated rings. The highest BCUT2D eigenvalue weighted by Gasteiger charge is 2.26. The SMILES string of the molecule is CC(NC(=O)N[C@@H](CC(=O)O)C(=O)O)C1CCOC1. The highest BCUT2D eigenvalue weighted by molar-refractivity contribution is 5.86. The van der Waals surface area contributed by atoms with Gasteiger partial charge >= 0.3 is 18.0 Å². The van der Waals surface area contributed by atoms with Crippen molar-refractivity contribution in [2.45, 2.75) is 31.8 Å². The van der Waals surface area contributed by atoms with Crippen molar-refractivity contribution >= 4 is 18.0 Å². The van der Waals surface area contributed by atoms with E-state index < -0.39 is 30.4 Å². The van der Waals surface area contributed by atoms with Gasteiger partial charge in [0, 0.05) is 18.6 Å². The highest BCUT2D eigenvalue weighted by atomic mass is 16.5. The number of carbonyl (C=O) groups excluding carboxylic acids is 1. The van der Waals surface area contributed by atoms with Crippen molar-refractivity contribution in [3.63, 3.8) is 0 Å². The molecule has 2 amide bonds. The van der Waals surface area contributed by atoms with Gasteiger partial charge in [-0.15, -0.1) is 0 Å². The number of rotatable bonds is 6. The van der Waals surface area contributed by atoms with Crippen LogP contribution in [-0.2, 0) is 14.3 Å². The molecule has 8 heteroatoms. The van der Waals surface area contributed by atoms with E-state index in [-0.39, 0.29) is 12.0 Å². The van der Waals surface area contributed by atoms with Crippen LogP contribution in [0.15, 0.2) is 0 Å². The number of carboxylic acids is 2. The largest absolute Gasteiger partial charge is 0.481 e. The van der Waals surface area contributed by atoms with E-state index in [1.807, 2.05) is 0 Å². The average molecular weight is 274 g/mol. The van der Waals surface area contributed by atoms with Crippen LogP contribution >= 0.6 is 0 Å². The van der Waals surface area contributed by atoms with Crippen LogP contribution in [0.25, 0.3) is 0 Å². The predicted molar refractivity (Wildman–Crippen MR) is 63.7 cm³/mol. The van der Waals surface area contributed by atoms with Crippen LogP contribution in [0.4, 0.5) is 4.79 Å². The Morgan fingerprint density at radius 3 is 2.47 bits per heavy atom. The van der Waals surface area contributed by atoms with Crippen LogP contribution in [0, 0.1) is 5.92 Å². The first-order valence-corrected chi connectivity index (χ1v) is 5.99. The van der Waals surface area contributed by atoms with Crippen molar-refractivity contribution in [1.29, 1.82) is 0 Å². The molecule has 19 heavy (non-hydrogen) atoms. The first-order valence-electron chi connectivity index (χ1n) is 5.99. The summed E-state index contributed by atoms with van der Waals surface area (Å²) in [4.78, 5) is 32.8. The topological polar surface area (TPSA) is 125 Å². The summed E-state index contributed by atoms with van der Waals surface area (Å²) in [7, 11) is 0. The number of ether oxygens (including phenoxy) is 1. The van der Waals surface area contributed by atoms with E-state index in [0.29, 0.717) is 13.2 Å². The maximum atomic E-state index is 11.6. The van der Waals surface area contributed by atoms with Gasteiger partial charge in [0.15, 0.2) is 0 Å². The second-order valence-corrected chi connectivity index (χ2v) is 4.52. The Labute approximate surface area is 110 Å². The van der Waals surface area contributed by atoms with Crippen LogP contribution in [0.5, 0.6) is 0 Å². The van der Waals surface area contributed by atoms with Gasteiger partial charge in [-0.05, 0) is 13.3 Å². The summed E-state index contributed by atoms with van der Waals surface area (Å²) < 4.78 is 5.19. The third-order valence-electron chi connectivity index (χ3n) is 3.01. The van der Waals surface area contributed by atoms with Gasteiger partial charge in [0.2, 0.25) is 0 Å². The summed E-state index contributed by atoms with van der Waals surface area (Å²) in [6.07, 6.45) is 0.169. The molecular formula is C11H18N2O6. The molecule has 0 aromatic carbocycles.